The summed E-state index contributed by atoms with van der Waals surface area (Å²) in [4.78, 5) is 25.5. The first-order valence-electron chi connectivity index (χ1n) is 5.60. The lowest BCUT2D eigenvalue weighted by Gasteiger charge is -2.21. The van der Waals surface area contributed by atoms with Crippen molar-refractivity contribution in [1.82, 2.24) is 10.3 Å². The number of rotatable bonds is 5. The number of hydrogen-bond acceptors (Lipinski definition) is 2. The van der Waals surface area contributed by atoms with E-state index in [0.717, 1.165) is 11.8 Å². The van der Waals surface area contributed by atoms with Crippen LogP contribution in [-0.4, -0.2) is 22.3 Å². The molecule has 0 fully saturated rings. The highest BCUT2D eigenvalue weighted by Gasteiger charge is 2.16. The lowest BCUT2D eigenvalue weighted by molar-refractivity contribution is 0.0925. The van der Waals surface area contributed by atoms with Gasteiger partial charge in [-0.2, -0.15) is 0 Å². The number of nitrogens with one attached hydrogen (secondary N) is 2. The zero-order valence-corrected chi connectivity index (χ0v) is 11.6. The first-order chi connectivity index (χ1) is 8.04. The maximum absolute atomic E-state index is 11.9. The third-order valence-corrected chi connectivity index (χ3v) is 3.04. The largest absolute Gasteiger partial charge is 0.349 e. The Balaban J connectivity index is 2.73. The Labute approximate surface area is 109 Å². The molecule has 1 aromatic rings. The summed E-state index contributed by atoms with van der Waals surface area (Å²) >= 11 is 3.37. The summed E-state index contributed by atoms with van der Waals surface area (Å²) < 4.78 is 0. The molecule has 0 spiro atoms. The summed E-state index contributed by atoms with van der Waals surface area (Å²) in [6, 6.07) is 3.02. The van der Waals surface area contributed by atoms with E-state index in [9.17, 15) is 9.59 Å². The summed E-state index contributed by atoms with van der Waals surface area (Å²) in [6.45, 7) is 4.12. The summed E-state index contributed by atoms with van der Waals surface area (Å²) in [5, 5.41) is 3.78. The van der Waals surface area contributed by atoms with Gasteiger partial charge in [-0.25, -0.2) is 0 Å². The van der Waals surface area contributed by atoms with E-state index in [2.05, 4.69) is 40.1 Å². The Morgan fingerprint density at radius 3 is 2.76 bits per heavy atom. The smallest absolute Gasteiger partial charge is 0.251 e. The van der Waals surface area contributed by atoms with E-state index in [1.807, 2.05) is 0 Å². The Morgan fingerprint density at radius 1 is 1.53 bits per heavy atom. The molecule has 94 valence electrons. The van der Waals surface area contributed by atoms with Crippen LogP contribution in [0.4, 0.5) is 0 Å². The van der Waals surface area contributed by atoms with Crippen molar-refractivity contribution in [3.05, 3.63) is 34.2 Å². The van der Waals surface area contributed by atoms with Gasteiger partial charge in [-0.1, -0.05) is 29.8 Å². The fourth-order valence-electron chi connectivity index (χ4n) is 1.53. The van der Waals surface area contributed by atoms with E-state index in [-0.39, 0.29) is 17.5 Å². The SMILES string of the molecule is CC(C)C(CCBr)NC(=O)c1cc[nH]c(=O)c1. The third kappa shape index (κ3) is 4.34. The van der Waals surface area contributed by atoms with Gasteiger partial charge in [0.25, 0.3) is 5.91 Å². The highest BCUT2D eigenvalue weighted by molar-refractivity contribution is 9.09. The van der Waals surface area contributed by atoms with Gasteiger partial charge in [0.15, 0.2) is 0 Å². The standard InChI is InChI=1S/C12H17BrN2O2/c1-8(2)10(3-5-13)15-12(17)9-4-6-14-11(16)7-9/h4,6-8,10H,3,5H2,1-2H3,(H,14,16)(H,15,17). The second kappa shape index (κ2) is 6.59. The summed E-state index contributed by atoms with van der Waals surface area (Å²) in [5.41, 5.74) is 0.133. The van der Waals surface area contributed by atoms with Crippen LogP contribution < -0.4 is 10.9 Å². The first kappa shape index (κ1) is 14.0. The quantitative estimate of drug-likeness (QED) is 0.816. The molecule has 4 nitrogen and oxygen atoms in total. The molecule has 0 radical (unpaired) electrons. The molecule has 1 unspecified atom stereocenters. The molecule has 17 heavy (non-hydrogen) atoms. The van der Waals surface area contributed by atoms with Crippen LogP contribution in [0.2, 0.25) is 0 Å². The molecule has 1 atom stereocenters. The minimum absolute atomic E-state index is 0.112. The fourth-order valence-corrected chi connectivity index (χ4v) is 2.02. The molecular weight excluding hydrogens is 284 g/mol. The van der Waals surface area contributed by atoms with Crippen molar-refractivity contribution in [3.8, 4) is 0 Å². The predicted molar refractivity (Wildman–Crippen MR) is 71.6 cm³/mol. The molecule has 0 aliphatic carbocycles. The van der Waals surface area contributed by atoms with Gasteiger partial charge in [-0.3, -0.25) is 9.59 Å². The second-order valence-electron chi connectivity index (χ2n) is 4.24. The summed E-state index contributed by atoms with van der Waals surface area (Å²) in [6.07, 6.45) is 2.35. The van der Waals surface area contributed by atoms with Gasteiger partial charge in [0.1, 0.15) is 0 Å². The van der Waals surface area contributed by atoms with Crippen LogP contribution in [-0.2, 0) is 0 Å². The average Bonchev–Trinajstić information content (AvgIpc) is 2.28. The fraction of sp³-hybridized carbons (Fsp3) is 0.500. The van der Waals surface area contributed by atoms with Gasteiger partial charge >= 0.3 is 0 Å². The molecule has 0 aliphatic heterocycles. The molecule has 0 aromatic carbocycles. The van der Waals surface area contributed by atoms with Crippen molar-refractivity contribution in [2.75, 3.05) is 5.33 Å². The topological polar surface area (TPSA) is 62.0 Å². The van der Waals surface area contributed by atoms with Crippen LogP contribution >= 0.6 is 15.9 Å². The van der Waals surface area contributed by atoms with E-state index in [4.69, 9.17) is 0 Å². The van der Waals surface area contributed by atoms with Crippen molar-refractivity contribution in [2.24, 2.45) is 5.92 Å². The van der Waals surface area contributed by atoms with Crippen molar-refractivity contribution < 1.29 is 4.79 Å². The van der Waals surface area contributed by atoms with E-state index < -0.39 is 0 Å². The molecule has 0 aliphatic rings. The van der Waals surface area contributed by atoms with Gasteiger partial charge in [-0.05, 0) is 18.4 Å². The van der Waals surface area contributed by atoms with Crippen LogP contribution in [0.25, 0.3) is 0 Å². The number of hydrogen-bond donors (Lipinski definition) is 2. The Kier molecular flexibility index (Phi) is 5.41. The first-order valence-corrected chi connectivity index (χ1v) is 6.72. The average molecular weight is 301 g/mol. The van der Waals surface area contributed by atoms with Gasteiger partial charge in [0.05, 0.1) is 0 Å². The minimum atomic E-state index is -0.265. The number of carbonyl (C=O) groups excluding carboxylic acids is 1. The molecule has 0 saturated heterocycles. The van der Waals surface area contributed by atoms with Gasteiger partial charge in [0, 0.05) is 29.2 Å². The molecule has 1 aromatic heterocycles. The van der Waals surface area contributed by atoms with Crippen LogP contribution in [0.1, 0.15) is 30.6 Å². The molecular formula is C12H17BrN2O2. The van der Waals surface area contributed by atoms with Crippen LogP contribution in [0.3, 0.4) is 0 Å². The molecule has 1 heterocycles. The molecule has 1 amide bonds. The van der Waals surface area contributed by atoms with Crippen molar-refractivity contribution >= 4 is 21.8 Å². The zero-order valence-electron chi connectivity index (χ0n) is 10.00. The highest BCUT2D eigenvalue weighted by atomic mass is 79.9. The number of aromatic amines is 1. The maximum Gasteiger partial charge on any atom is 0.251 e. The number of carbonyl (C=O) groups is 1. The lowest BCUT2D eigenvalue weighted by atomic mass is 10.0. The molecule has 0 bridgehead atoms. The number of H-pyrrole nitrogens is 1. The second-order valence-corrected chi connectivity index (χ2v) is 5.04. The number of amides is 1. The van der Waals surface area contributed by atoms with E-state index >= 15 is 0 Å². The van der Waals surface area contributed by atoms with Gasteiger partial charge in [-0.15, -0.1) is 0 Å². The molecule has 0 saturated carbocycles. The summed E-state index contributed by atoms with van der Waals surface area (Å²) in [7, 11) is 0. The molecule has 2 N–H and O–H groups in total. The van der Waals surface area contributed by atoms with E-state index in [1.165, 1.54) is 12.3 Å². The Hall–Kier alpha value is -1.10. The van der Waals surface area contributed by atoms with Crippen molar-refractivity contribution in [1.29, 1.82) is 0 Å². The van der Waals surface area contributed by atoms with Crippen LogP contribution in [0, 0.1) is 5.92 Å². The van der Waals surface area contributed by atoms with Crippen molar-refractivity contribution in [3.63, 3.8) is 0 Å². The van der Waals surface area contributed by atoms with E-state index in [1.54, 1.807) is 6.07 Å². The van der Waals surface area contributed by atoms with E-state index in [0.29, 0.717) is 11.5 Å². The lowest BCUT2D eigenvalue weighted by Crippen LogP contribution is -2.39. The summed E-state index contributed by atoms with van der Waals surface area (Å²) in [5.74, 6) is 0.161. The highest BCUT2D eigenvalue weighted by Crippen LogP contribution is 2.08. The number of pyridine rings is 1. The number of alkyl halides is 1. The molecule has 5 heteroatoms. The van der Waals surface area contributed by atoms with Crippen LogP contribution in [0.15, 0.2) is 23.1 Å². The van der Waals surface area contributed by atoms with Crippen molar-refractivity contribution in [2.45, 2.75) is 26.3 Å². The van der Waals surface area contributed by atoms with Gasteiger partial charge in [0.2, 0.25) is 5.56 Å². The number of halogens is 1. The maximum atomic E-state index is 11.9. The van der Waals surface area contributed by atoms with Crippen LogP contribution in [0.5, 0.6) is 0 Å². The zero-order chi connectivity index (χ0) is 12.8. The minimum Gasteiger partial charge on any atom is -0.349 e. The Morgan fingerprint density at radius 2 is 2.24 bits per heavy atom. The predicted octanol–water partition coefficient (Wildman–Crippen LogP) is 1.91. The Bertz CT molecular complexity index is 429. The molecule has 1 rings (SSSR count). The monoisotopic (exact) mass is 300 g/mol. The number of aromatic nitrogens is 1. The normalized spacial score (nSPS) is 12.5. The van der Waals surface area contributed by atoms with Gasteiger partial charge < -0.3 is 10.3 Å². The third-order valence-electron chi connectivity index (χ3n) is 2.58.